The second-order valence-corrected chi connectivity index (χ2v) is 8.88. The van der Waals surface area contributed by atoms with Crippen molar-refractivity contribution in [2.45, 2.75) is 12.5 Å². The number of hydrazone groups is 1. The number of benzene rings is 3. The van der Waals surface area contributed by atoms with Crippen molar-refractivity contribution < 1.29 is 4.79 Å². The molecule has 2 heterocycles. The number of aromatic nitrogens is 1. The van der Waals surface area contributed by atoms with Crippen LogP contribution in [0.4, 0.5) is 11.4 Å². The van der Waals surface area contributed by atoms with Gasteiger partial charge in [-0.1, -0.05) is 51.8 Å². The van der Waals surface area contributed by atoms with Crippen molar-refractivity contribution in [3.63, 3.8) is 0 Å². The number of carbonyl (C=O) groups excluding carboxylic acids is 1. The molecule has 1 aromatic heterocycles. The largest absolute Gasteiger partial charge is 0.355 e. The summed E-state index contributed by atoms with van der Waals surface area (Å²) in [5, 5.41) is 11.2. The second kappa shape index (κ2) is 8.73. The second-order valence-electron chi connectivity index (χ2n) is 7.53. The number of nitrogens with zero attached hydrogens (tertiary/aromatic N) is 3. The molecule has 7 heteroatoms. The zero-order chi connectivity index (χ0) is 22.1. The van der Waals surface area contributed by atoms with E-state index < -0.39 is 0 Å². The number of pyridine rings is 1. The lowest BCUT2D eigenvalue weighted by Gasteiger charge is -2.19. The molecule has 5 rings (SSSR count). The Kier molecular flexibility index (Phi) is 5.64. The summed E-state index contributed by atoms with van der Waals surface area (Å²) in [6.45, 7) is 0. The van der Waals surface area contributed by atoms with Gasteiger partial charge < -0.3 is 5.32 Å². The maximum Gasteiger partial charge on any atom is 0.230 e. The van der Waals surface area contributed by atoms with Gasteiger partial charge in [0.05, 0.1) is 17.3 Å². The first kappa shape index (κ1) is 20.7. The van der Waals surface area contributed by atoms with Gasteiger partial charge in [0.15, 0.2) is 0 Å². The highest BCUT2D eigenvalue weighted by atomic mass is 79.9. The molecule has 1 aliphatic rings. The maximum atomic E-state index is 11.7. The maximum absolute atomic E-state index is 11.7. The first-order chi connectivity index (χ1) is 15.6. The Morgan fingerprint density at radius 3 is 2.72 bits per heavy atom. The summed E-state index contributed by atoms with van der Waals surface area (Å²) < 4.78 is 1.01. The Morgan fingerprint density at radius 2 is 1.91 bits per heavy atom. The normalized spacial score (nSPS) is 15.6. The van der Waals surface area contributed by atoms with Crippen LogP contribution < -0.4 is 5.32 Å². The average molecular weight is 506 g/mol. The standard InChI is InChI=1S/C25H18BrClN4O/c26-18-6-4-16(5-7-18)23-14-25(31(15-32)30-23)17-2-1-3-20(12-17)29-22-10-11-28-24-13-19(27)8-9-21(22)24/h1-13,15,25H,14H2,(H,28,29). The molecule has 1 amide bonds. The fourth-order valence-corrected chi connectivity index (χ4v) is 4.35. The average Bonchev–Trinajstić information content (AvgIpc) is 3.24. The number of anilines is 2. The predicted octanol–water partition coefficient (Wildman–Crippen LogP) is 6.70. The Balaban J connectivity index is 1.42. The third kappa shape index (κ3) is 4.11. The van der Waals surface area contributed by atoms with Crippen molar-refractivity contribution in [2.75, 3.05) is 5.32 Å². The van der Waals surface area contributed by atoms with Crippen molar-refractivity contribution in [3.05, 3.63) is 99.6 Å². The van der Waals surface area contributed by atoms with Crippen LogP contribution in [0.15, 0.2) is 88.6 Å². The van der Waals surface area contributed by atoms with E-state index in [9.17, 15) is 4.79 Å². The molecule has 1 atom stereocenters. The molecule has 1 unspecified atom stereocenters. The fraction of sp³-hybridized carbons (Fsp3) is 0.0800. The van der Waals surface area contributed by atoms with E-state index in [0.717, 1.165) is 50.0 Å². The molecule has 4 aromatic rings. The lowest BCUT2D eigenvalue weighted by molar-refractivity contribution is -0.119. The zero-order valence-corrected chi connectivity index (χ0v) is 19.2. The van der Waals surface area contributed by atoms with Gasteiger partial charge in [-0.25, -0.2) is 5.01 Å². The van der Waals surface area contributed by atoms with Crippen LogP contribution in [-0.4, -0.2) is 22.1 Å². The summed E-state index contributed by atoms with van der Waals surface area (Å²) in [6, 6.07) is 23.5. The Morgan fingerprint density at radius 1 is 1.06 bits per heavy atom. The molecule has 32 heavy (non-hydrogen) atoms. The van der Waals surface area contributed by atoms with E-state index >= 15 is 0 Å². The number of amides is 1. The molecule has 158 valence electrons. The van der Waals surface area contributed by atoms with Crippen LogP contribution >= 0.6 is 27.5 Å². The van der Waals surface area contributed by atoms with Crippen LogP contribution in [-0.2, 0) is 4.79 Å². The lowest BCUT2D eigenvalue weighted by Crippen LogP contribution is -2.17. The Labute approximate surface area is 198 Å². The molecule has 1 N–H and O–H groups in total. The SMILES string of the molecule is O=CN1N=C(c2ccc(Br)cc2)CC1c1cccc(Nc2ccnc3cc(Cl)ccc23)c1. The highest BCUT2D eigenvalue weighted by molar-refractivity contribution is 9.10. The highest BCUT2D eigenvalue weighted by Gasteiger charge is 2.28. The van der Waals surface area contributed by atoms with Crippen LogP contribution in [0.1, 0.15) is 23.6 Å². The number of rotatable bonds is 5. The quantitative estimate of drug-likeness (QED) is 0.307. The van der Waals surface area contributed by atoms with Crippen molar-refractivity contribution in [2.24, 2.45) is 5.10 Å². The third-order valence-corrected chi connectivity index (χ3v) is 6.25. The van der Waals surface area contributed by atoms with E-state index in [1.54, 1.807) is 6.20 Å². The van der Waals surface area contributed by atoms with E-state index in [4.69, 9.17) is 11.6 Å². The zero-order valence-electron chi connectivity index (χ0n) is 16.9. The van der Waals surface area contributed by atoms with E-state index in [1.165, 1.54) is 5.01 Å². The summed E-state index contributed by atoms with van der Waals surface area (Å²) in [4.78, 5) is 16.2. The number of halogens is 2. The van der Waals surface area contributed by atoms with Gasteiger partial charge in [0.1, 0.15) is 0 Å². The van der Waals surface area contributed by atoms with Crippen LogP contribution in [0.25, 0.3) is 10.9 Å². The first-order valence-corrected chi connectivity index (χ1v) is 11.3. The number of nitrogens with one attached hydrogen (secondary N) is 1. The van der Waals surface area contributed by atoms with Gasteiger partial charge in [-0.15, -0.1) is 0 Å². The summed E-state index contributed by atoms with van der Waals surface area (Å²) in [6.07, 6.45) is 3.20. The van der Waals surface area contributed by atoms with Gasteiger partial charge in [0, 0.05) is 38.9 Å². The molecule has 0 radical (unpaired) electrons. The van der Waals surface area contributed by atoms with Crippen LogP contribution in [0.5, 0.6) is 0 Å². The van der Waals surface area contributed by atoms with Crippen LogP contribution in [0.2, 0.25) is 5.02 Å². The number of fused-ring (bicyclic) bond motifs is 1. The number of hydrogen-bond acceptors (Lipinski definition) is 4. The summed E-state index contributed by atoms with van der Waals surface area (Å²) >= 11 is 9.57. The van der Waals surface area contributed by atoms with Gasteiger partial charge in [-0.3, -0.25) is 9.78 Å². The van der Waals surface area contributed by atoms with Crippen molar-refractivity contribution in [1.29, 1.82) is 0 Å². The molecule has 0 fully saturated rings. The minimum absolute atomic E-state index is 0.152. The van der Waals surface area contributed by atoms with E-state index in [-0.39, 0.29) is 6.04 Å². The molecule has 1 aliphatic heterocycles. The fourth-order valence-electron chi connectivity index (χ4n) is 3.92. The van der Waals surface area contributed by atoms with Crippen LogP contribution in [0, 0.1) is 0 Å². The number of carbonyl (C=O) groups is 1. The molecule has 0 saturated carbocycles. The smallest absolute Gasteiger partial charge is 0.230 e. The Hall–Kier alpha value is -3.22. The van der Waals surface area contributed by atoms with Crippen molar-refractivity contribution >= 4 is 61.9 Å². The Bertz CT molecular complexity index is 1340. The predicted molar refractivity (Wildman–Crippen MR) is 132 cm³/mol. The first-order valence-electron chi connectivity index (χ1n) is 10.1. The van der Waals surface area contributed by atoms with Gasteiger partial charge in [-0.05, 0) is 59.7 Å². The molecular formula is C25H18BrClN4O. The van der Waals surface area contributed by atoms with Gasteiger partial charge in [0.2, 0.25) is 6.41 Å². The minimum atomic E-state index is -0.152. The summed E-state index contributed by atoms with van der Waals surface area (Å²) in [5.41, 5.74) is 5.61. The van der Waals surface area contributed by atoms with Gasteiger partial charge in [0.25, 0.3) is 0 Å². The van der Waals surface area contributed by atoms with Crippen molar-refractivity contribution in [3.8, 4) is 0 Å². The molecule has 0 bridgehead atoms. The third-order valence-electron chi connectivity index (χ3n) is 5.48. The molecule has 0 spiro atoms. The summed E-state index contributed by atoms with van der Waals surface area (Å²) in [5.74, 6) is 0. The minimum Gasteiger partial charge on any atom is -0.355 e. The van der Waals surface area contributed by atoms with E-state index in [0.29, 0.717) is 11.4 Å². The molecular weight excluding hydrogens is 488 g/mol. The van der Waals surface area contributed by atoms with Crippen LogP contribution in [0.3, 0.4) is 0 Å². The van der Waals surface area contributed by atoms with E-state index in [2.05, 4.69) is 37.4 Å². The van der Waals surface area contributed by atoms with Crippen molar-refractivity contribution in [1.82, 2.24) is 9.99 Å². The molecule has 3 aromatic carbocycles. The highest BCUT2D eigenvalue weighted by Crippen LogP contribution is 2.34. The van der Waals surface area contributed by atoms with Gasteiger partial charge in [-0.2, -0.15) is 5.10 Å². The van der Waals surface area contributed by atoms with E-state index in [1.807, 2.05) is 66.7 Å². The summed E-state index contributed by atoms with van der Waals surface area (Å²) in [7, 11) is 0. The topological polar surface area (TPSA) is 57.6 Å². The molecule has 5 nitrogen and oxygen atoms in total. The molecule has 0 aliphatic carbocycles. The lowest BCUT2D eigenvalue weighted by atomic mass is 9.98. The molecule has 0 saturated heterocycles. The monoisotopic (exact) mass is 504 g/mol. The van der Waals surface area contributed by atoms with Gasteiger partial charge >= 0.3 is 0 Å². The number of hydrogen-bond donors (Lipinski definition) is 1.